The second-order valence-corrected chi connectivity index (χ2v) is 5.37. The van der Waals surface area contributed by atoms with E-state index in [0.29, 0.717) is 28.7 Å². The summed E-state index contributed by atoms with van der Waals surface area (Å²) in [4.78, 5) is 12.2. The smallest absolute Gasteiger partial charge is 0.368 e. The van der Waals surface area contributed by atoms with E-state index in [-0.39, 0.29) is 12.3 Å². The highest BCUT2D eigenvalue weighted by molar-refractivity contribution is 5.49. The summed E-state index contributed by atoms with van der Waals surface area (Å²) in [6, 6.07) is 5.53. The molecule has 0 saturated heterocycles. The second-order valence-electron chi connectivity index (χ2n) is 5.37. The molecule has 2 heterocycles. The third-order valence-corrected chi connectivity index (χ3v) is 3.74. The summed E-state index contributed by atoms with van der Waals surface area (Å²) in [5.41, 5.74) is 2.28. The summed E-state index contributed by atoms with van der Waals surface area (Å²) in [7, 11) is 3.32. The first-order valence-corrected chi connectivity index (χ1v) is 7.26. The van der Waals surface area contributed by atoms with Gasteiger partial charge in [0.1, 0.15) is 18.1 Å². The first-order valence-electron chi connectivity index (χ1n) is 7.76. The number of tetrazole rings is 1. The normalized spacial score (nSPS) is 11.2. The fraction of sp³-hybridized carbons (Fsp3) is 0.235. The number of rotatable bonds is 4. The SMILES string of the molecule is [3H]c1ccc(OCc2c(-n3nnn(C)c3=O)cn(C)c2C#C)c(C)c1. The minimum Gasteiger partial charge on any atom is -0.488 e. The van der Waals surface area contributed by atoms with Crippen LogP contribution >= 0.6 is 0 Å². The number of terminal acetylenes is 1. The van der Waals surface area contributed by atoms with Crippen LogP contribution in [0.3, 0.4) is 0 Å². The van der Waals surface area contributed by atoms with Gasteiger partial charge in [-0.25, -0.2) is 4.79 Å². The zero-order valence-corrected chi connectivity index (χ0v) is 13.6. The number of aryl methyl sites for hydroxylation is 3. The van der Waals surface area contributed by atoms with Crippen LogP contribution in [0.4, 0.5) is 0 Å². The maximum Gasteiger partial charge on any atom is 0.368 e. The molecule has 122 valence electrons. The molecule has 0 N–H and O–H groups in total. The van der Waals surface area contributed by atoms with Crippen molar-refractivity contribution in [1.29, 1.82) is 0 Å². The highest BCUT2D eigenvalue weighted by Gasteiger charge is 2.19. The largest absolute Gasteiger partial charge is 0.488 e. The van der Waals surface area contributed by atoms with Crippen LogP contribution < -0.4 is 10.4 Å². The molecule has 3 rings (SSSR count). The summed E-state index contributed by atoms with van der Waals surface area (Å²) in [5, 5.41) is 7.61. The highest BCUT2D eigenvalue weighted by Crippen LogP contribution is 2.23. The summed E-state index contributed by atoms with van der Waals surface area (Å²) in [6.07, 6.45) is 7.35. The van der Waals surface area contributed by atoms with E-state index in [4.69, 9.17) is 12.5 Å². The van der Waals surface area contributed by atoms with Crippen LogP contribution in [-0.4, -0.2) is 24.4 Å². The van der Waals surface area contributed by atoms with Crippen LogP contribution in [-0.2, 0) is 20.7 Å². The molecule has 0 aliphatic rings. The molecule has 24 heavy (non-hydrogen) atoms. The fourth-order valence-corrected chi connectivity index (χ4v) is 2.45. The molecule has 0 fully saturated rings. The maximum absolute atomic E-state index is 12.2. The molecule has 0 aliphatic carbocycles. The Hall–Kier alpha value is -3.27. The van der Waals surface area contributed by atoms with Crippen molar-refractivity contribution < 1.29 is 6.11 Å². The van der Waals surface area contributed by atoms with Crippen molar-refractivity contribution in [2.75, 3.05) is 0 Å². The molecule has 2 aromatic heterocycles. The lowest BCUT2D eigenvalue weighted by molar-refractivity contribution is 0.303. The van der Waals surface area contributed by atoms with Gasteiger partial charge in [0.05, 0.1) is 7.06 Å². The topological polar surface area (TPSA) is 66.9 Å². The van der Waals surface area contributed by atoms with Crippen molar-refractivity contribution in [2.24, 2.45) is 14.1 Å². The van der Waals surface area contributed by atoms with Crippen LogP contribution in [0.2, 0.25) is 0 Å². The molecule has 0 spiro atoms. The molecule has 7 nitrogen and oxygen atoms in total. The molecule has 0 unspecified atom stereocenters. The third kappa shape index (κ3) is 2.58. The van der Waals surface area contributed by atoms with Crippen molar-refractivity contribution in [1.82, 2.24) is 24.4 Å². The van der Waals surface area contributed by atoms with E-state index >= 15 is 0 Å². The predicted octanol–water partition coefficient (Wildman–Crippen LogP) is 1.17. The van der Waals surface area contributed by atoms with Gasteiger partial charge in [-0.05, 0) is 29.0 Å². The number of para-hydroxylation sites is 1. The number of ether oxygens (including phenoxy) is 1. The van der Waals surface area contributed by atoms with Gasteiger partial charge < -0.3 is 9.30 Å². The van der Waals surface area contributed by atoms with Gasteiger partial charge >= 0.3 is 5.69 Å². The van der Waals surface area contributed by atoms with E-state index in [0.717, 1.165) is 10.2 Å². The summed E-state index contributed by atoms with van der Waals surface area (Å²) in [6.45, 7) is 2.03. The van der Waals surface area contributed by atoms with Gasteiger partial charge in [-0.3, -0.25) is 0 Å². The summed E-state index contributed by atoms with van der Waals surface area (Å²) >= 11 is 0. The van der Waals surface area contributed by atoms with E-state index in [1.807, 2.05) is 6.92 Å². The zero-order chi connectivity index (χ0) is 18.1. The van der Waals surface area contributed by atoms with Crippen LogP contribution in [0, 0.1) is 19.3 Å². The van der Waals surface area contributed by atoms with Crippen LogP contribution in [0.1, 0.15) is 18.2 Å². The predicted molar refractivity (Wildman–Crippen MR) is 89.0 cm³/mol. The molecule has 0 radical (unpaired) electrons. The molecule has 0 saturated carbocycles. The number of nitrogens with zero attached hydrogens (tertiary/aromatic N) is 5. The third-order valence-electron chi connectivity index (χ3n) is 3.74. The zero-order valence-electron chi connectivity index (χ0n) is 14.6. The second kappa shape index (κ2) is 6.08. The Bertz CT molecular complexity index is 1040. The highest BCUT2D eigenvalue weighted by atomic mass is 16.5. The van der Waals surface area contributed by atoms with Crippen LogP contribution in [0.25, 0.3) is 5.69 Å². The monoisotopic (exact) mass is 325 g/mol. The summed E-state index contributed by atoms with van der Waals surface area (Å²) in [5.74, 6) is 3.28. The quantitative estimate of drug-likeness (QED) is 0.676. The maximum atomic E-state index is 12.2. The number of aromatic nitrogens is 5. The van der Waals surface area contributed by atoms with Gasteiger partial charge in [0.25, 0.3) is 0 Å². The standard InChI is InChI=1S/C17H17N5O2/c1-5-14-13(11-24-16-9-7-6-8-12(16)2)15(10-20(14)3)22-17(23)21(4)18-19-22/h1,6-10H,11H2,2-4H3/i6T. The van der Waals surface area contributed by atoms with E-state index in [9.17, 15) is 4.79 Å². The van der Waals surface area contributed by atoms with Gasteiger partial charge in [-0.15, -0.1) is 6.42 Å². The van der Waals surface area contributed by atoms with E-state index in [1.54, 1.807) is 36.0 Å². The number of hydrogen-bond donors (Lipinski definition) is 0. The lowest BCUT2D eigenvalue weighted by Gasteiger charge is -2.10. The van der Waals surface area contributed by atoms with E-state index < -0.39 is 0 Å². The Balaban J connectivity index is 2.02. The average molecular weight is 325 g/mol. The molecular formula is C17H17N5O2. The van der Waals surface area contributed by atoms with Crippen molar-refractivity contribution in [3.05, 3.63) is 57.7 Å². The Morgan fingerprint density at radius 1 is 1.38 bits per heavy atom. The fourth-order valence-electron chi connectivity index (χ4n) is 2.45. The van der Waals surface area contributed by atoms with E-state index in [2.05, 4.69) is 16.3 Å². The average Bonchev–Trinajstić information content (AvgIpc) is 3.06. The van der Waals surface area contributed by atoms with Gasteiger partial charge in [0.15, 0.2) is 0 Å². The molecule has 7 heteroatoms. The van der Waals surface area contributed by atoms with Crippen molar-refractivity contribution in [3.8, 4) is 23.8 Å². The Kier molecular flexibility index (Phi) is 3.63. The Morgan fingerprint density at radius 2 is 2.17 bits per heavy atom. The molecular weight excluding hydrogens is 306 g/mol. The molecule has 3 aromatic rings. The van der Waals surface area contributed by atoms with Crippen LogP contribution in [0.5, 0.6) is 5.75 Å². The van der Waals surface area contributed by atoms with Gasteiger partial charge in [-0.1, -0.05) is 24.1 Å². The lowest BCUT2D eigenvalue weighted by atomic mass is 10.2. The minimum atomic E-state index is -0.370. The molecule has 0 aliphatic heterocycles. The first-order chi connectivity index (χ1) is 11.9. The van der Waals surface area contributed by atoms with Gasteiger partial charge in [0, 0.05) is 25.9 Å². The number of hydrogen-bond acceptors (Lipinski definition) is 4. The molecule has 0 amide bonds. The minimum absolute atomic E-state index is 0.164. The molecule has 0 bridgehead atoms. The Labute approximate surface area is 140 Å². The Morgan fingerprint density at radius 3 is 2.79 bits per heavy atom. The summed E-state index contributed by atoms with van der Waals surface area (Å²) < 4.78 is 17.6. The van der Waals surface area contributed by atoms with Gasteiger partial charge in [-0.2, -0.15) is 9.36 Å². The molecule has 1 aromatic carbocycles. The van der Waals surface area contributed by atoms with Crippen molar-refractivity contribution >= 4 is 0 Å². The van der Waals surface area contributed by atoms with Crippen molar-refractivity contribution in [2.45, 2.75) is 13.5 Å². The van der Waals surface area contributed by atoms with E-state index in [1.165, 1.54) is 11.7 Å². The lowest BCUT2D eigenvalue weighted by Crippen LogP contribution is -2.22. The van der Waals surface area contributed by atoms with Gasteiger partial charge in [0.2, 0.25) is 0 Å². The molecule has 0 atom stereocenters. The van der Waals surface area contributed by atoms with Crippen molar-refractivity contribution in [3.63, 3.8) is 0 Å². The first kappa shape index (κ1) is 14.3. The van der Waals surface area contributed by atoms with Crippen LogP contribution in [0.15, 0.2) is 35.2 Å². The number of benzene rings is 1.